The average molecular weight is 443 g/mol. The maximum absolute atomic E-state index is 12.9. The zero-order valence-corrected chi connectivity index (χ0v) is 17.7. The van der Waals surface area contributed by atoms with Crippen molar-refractivity contribution in [2.75, 3.05) is 33.2 Å². The lowest BCUT2D eigenvalue weighted by Crippen LogP contribution is -3.12. The monoisotopic (exact) mass is 442 g/mol. The summed E-state index contributed by atoms with van der Waals surface area (Å²) in [7, 11) is -1.57. The van der Waals surface area contributed by atoms with E-state index in [-0.39, 0.29) is 22.9 Å². The number of carbonyl (C=O) groups excluding carboxylic acids is 1. The Balaban J connectivity index is 1.72. The van der Waals surface area contributed by atoms with Gasteiger partial charge in [0, 0.05) is 22.2 Å². The Morgan fingerprint density at radius 1 is 1.14 bits per heavy atom. The molecule has 28 heavy (non-hydrogen) atoms. The van der Waals surface area contributed by atoms with Crippen molar-refractivity contribution >= 4 is 39.1 Å². The Kier molecular flexibility index (Phi) is 6.62. The fourth-order valence-corrected chi connectivity index (χ4v) is 4.96. The molecule has 1 heterocycles. The number of rotatable bonds is 5. The molecule has 0 aromatic heterocycles. The van der Waals surface area contributed by atoms with Crippen LogP contribution in [0.1, 0.15) is 15.9 Å². The summed E-state index contributed by atoms with van der Waals surface area (Å²) in [6.45, 7) is 2.69. The number of halogens is 2. The highest BCUT2D eigenvalue weighted by Gasteiger charge is 2.29. The van der Waals surface area contributed by atoms with Gasteiger partial charge in [-0.3, -0.25) is 4.79 Å². The van der Waals surface area contributed by atoms with Crippen LogP contribution in [0, 0.1) is 0 Å². The summed E-state index contributed by atoms with van der Waals surface area (Å²) >= 11 is 12.0. The first-order valence-electron chi connectivity index (χ1n) is 8.91. The highest BCUT2D eigenvalue weighted by molar-refractivity contribution is 7.89. The molecule has 1 amide bonds. The van der Waals surface area contributed by atoms with E-state index in [4.69, 9.17) is 23.2 Å². The number of nitrogens with zero attached hydrogens (tertiary/aromatic N) is 1. The van der Waals surface area contributed by atoms with E-state index in [0.29, 0.717) is 23.1 Å². The summed E-state index contributed by atoms with van der Waals surface area (Å²) in [5, 5.41) is 3.74. The van der Waals surface area contributed by atoms with Gasteiger partial charge < -0.3 is 10.2 Å². The van der Waals surface area contributed by atoms with Crippen molar-refractivity contribution in [1.82, 2.24) is 9.62 Å². The lowest BCUT2D eigenvalue weighted by Gasteiger charge is -2.29. The molecule has 150 valence electrons. The van der Waals surface area contributed by atoms with Gasteiger partial charge in [-0.2, -0.15) is 4.31 Å². The topological polar surface area (TPSA) is 70.9 Å². The number of piperazine rings is 1. The van der Waals surface area contributed by atoms with Crippen molar-refractivity contribution in [1.29, 1.82) is 0 Å². The second-order valence-electron chi connectivity index (χ2n) is 6.81. The predicted octanol–water partition coefficient (Wildman–Crippen LogP) is 1.44. The molecule has 0 saturated carbocycles. The maximum atomic E-state index is 12.9. The van der Waals surface area contributed by atoms with Gasteiger partial charge in [-0.1, -0.05) is 35.3 Å². The van der Waals surface area contributed by atoms with Gasteiger partial charge in [0.05, 0.1) is 38.1 Å². The summed E-state index contributed by atoms with van der Waals surface area (Å²) in [5.41, 5.74) is 1.01. The van der Waals surface area contributed by atoms with Crippen molar-refractivity contribution in [2.45, 2.75) is 11.4 Å². The van der Waals surface area contributed by atoms with Gasteiger partial charge in [-0.05, 0) is 35.9 Å². The molecule has 2 aromatic rings. The standard InChI is InChI=1S/C19H21Cl2N3O3S/c1-23-7-9-24(10-8-23)28(26,27)17-4-2-3-14(11-17)19(25)22-13-15-5-6-16(20)12-18(15)21/h2-6,11-12H,7-10,13H2,1H3,(H,22,25)/p+1. The van der Waals surface area contributed by atoms with Crippen LogP contribution in [-0.2, 0) is 16.6 Å². The number of sulfonamides is 1. The van der Waals surface area contributed by atoms with Crippen molar-refractivity contribution < 1.29 is 18.1 Å². The molecule has 3 rings (SSSR count). The molecule has 1 aliphatic rings. The molecular weight excluding hydrogens is 421 g/mol. The van der Waals surface area contributed by atoms with Gasteiger partial charge >= 0.3 is 0 Å². The Morgan fingerprint density at radius 3 is 2.54 bits per heavy atom. The largest absolute Gasteiger partial charge is 0.348 e. The Bertz CT molecular complexity index is 974. The summed E-state index contributed by atoms with van der Waals surface area (Å²) in [6.07, 6.45) is 0. The van der Waals surface area contributed by atoms with Gasteiger partial charge in [-0.25, -0.2) is 8.42 Å². The van der Waals surface area contributed by atoms with Crippen LogP contribution in [0.2, 0.25) is 10.0 Å². The van der Waals surface area contributed by atoms with E-state index in [0.717, 1.165) is 18.7 Å². The number of quaternary nitrogens is 1. The maximum Gasteiger partial charge on any atom is 0.251 e. The first kappa shape index (κ1) is 21.1. The number of likely N-dealkylation sites (N-methyl/N-ethyl adjacent to an activating group) is 1. The van der Waals surface area contributed by atoms with Crippen LogP contribution >= 0.6 is 23.2 Å². The summed E-state index contributed by atoms with van der Waals surface area (Å²) < 4.78 is 27.2. The van der Waals surface area contributed by atoms with Crippen molar-refractivity contribution in [3.8, 4) is 0 Å². The number of hydrogen-bond donors (Lipinski definition) is 2. The van der Waals surface area contributed by atoms with Crippen LogP contribution in [0.5, 0.6) is 0 Å². The summed E-state index contributed by atoms with van der Waals surface area (Å²) in [4.78, 5) is 13.9. The zero-order chi connectivity index (χ0) is 20.3. The summed E-state index contributed by atoms with van der Waals surface area (Å²) in [6, 6.07) is 11.1. The molecule has 1 aliphatic heterocycles. The molecule has 0 aliphatic carbocycles. The average Bonchev–Trinajstić information content (AvgIpc) is 2.67. The Labute approximate surface area is 175 Å². The van der Waals surface area contributed by atoms with E-state index in [9.17, 15) is 13.2 Å². The Morgan fingerprint density at radius 2 is 1.86 bits per heavy atom. The van der Waals surface area contributed by atoms with Gasteiger partial charge in [0.2, 0.25) is 10.0 Å². The number of carbonyl (C=O) groups is 1. The van der Waals surface area contributed by atoms with E-state index < -0.39 is 10.0 Å². The normalized spacial score (nSPS) is 16.1. The molecule has 2 aromatic carbocycles. The van der Waals surface area contributed by atoms with Gasteiger partial charge in [0.15, 0.2) is 0 Å². The highest BCUT2D eigenvalue weighted by atomic mass is 35.5. The molecule has 0 atom stereocenters. The number of amides is 1. The third-order valence-electron chi connectivity index (χ3n) is 4.76. The summed E-state index contributed by atoms with van der Waals surface area (Å²) in [5.74, 6) is -0.370. The second-order valence-corrected chi connectivity index (χ2v) is 9.59. The third kappa shape index (κ3) is 4.85. The zero-order valence-electron chi connectivity index (χ0n) is 15.4. The van der Waals surface area contributed by atoms with Crippen LogP contribution < -0.4 is 10.2 Å². The number of nitrogens with one attached hydrogen (secondary N) is 2. The smallest absolute Gasteiger partial charge is 0.251 e. The van der Waals surface area contributed by atoms with Crippen LogP contribution in [0.25, 0.3) is 0 Å². The molecule has 6 nitrogen and oxygen atoms in total. The predicted molar refractivity (Wildman–Crippen MR) is 109 cm³/mol. The van der Waals surface area contributed by atoms with Crippen LogP contribution in [-0.4, -0.2) is 51.9 Å². The minimum Gasteiger partial charge on any atom is -0.348 e. The lowest BCUT2D eigenvalue weighted by molar-refractivity contribution is -0.883. The van der Waals surface area contributed by atoms with Gasteiger partial charge in [-0.15, -0.1) is 0 Å². The van der Waals surface area contributed by atoms with Crippen molar-refractivity contribution in [3.63, 3.8) is 0 Å². The fourth-order valence-electron chi connectivity index (χ4n) is 3.00. The van der Waals surface area contributed by atoms with Crippen LogP contribution in [0.3, 0.4) is 0 Å². The number of hydrogen-bond acceptors (Lipinski definition) is 3. The molecule has 0 bridgehead atoms. The minimum atomic E-state index is -3.62. The lowest BCUT2D eigenvalue weighted by atomic mass is 10.2. The molecule has 9 heteroatoms. The first-order chi connectivity index (χ1) is 13.3. The van der Waals surface area contributed by atoms with E-state index >= 15 is 0 Å². The molecule has 2 N–H and O–H groups in total. The quantitative estimate of drug-likeness (QED) is 0.735. The highest BCUT2D eigenvalue weighted by Crippen LogP contribution is 2.21. The van der Waals surface area contributed by atoms with Gasteiger partial charge in [0.25, 0.3) is 5.91 Å². The fraction of sp³-hybridized carbons (Fsp3) is 0.316. The first-order valence-corrected chi connectivity index (χ1v) is 11.1. The molecule has 0 radical (unpaired) electrons. The molecule has 0 unspecified atom stereocenters. The molecule has 1 fully saturated rings. The second kappa shape index (κ2) is 8.80. The number of benzene rings is 2. The SMILES string of the molecule is C[NH+]1CCN(S(=O)(=O)c2cccc(C(=O)NCc3ccc(Cl)cc3Cl)c2)CC1. The van der Waals surface area contributed by atoms with E-state index in [1.807, 2.05) is 7.05 Å². The molecule has 0 spiro atoms. The van der Waals surface area contributed by atoms with Gasteiger partial charge in [0.1, 0.15) is 0 Å². The van der Waals surface area contributed by atoms with E-state index in [2.05, 4.69) is 5.32 Å². The molecule has 1 saturated heterocycles. The van der Waals surface area contributed by atoms with E-state index in [1.165, 1.54) is 21.3 Å². The molecular formula is C19H22Cl2N3O3S+. The van der Waals surface area contributed by atoms with Crippen molar-refractivity contribution in [2.24, 2.45) is 0 Å². The minimum absolute atomic E-state index is 0.129. The van der Waals surface area contributed by atoms with Crippen LogP contribution in [0.4, 0.5) is 0 Å². The van der Waals surface area contributed by atoms with Crippen LogP contribution in [0.15, 0.2) is 47.4 Å². The Hall–Kier alpha value is -1.64. The third-order valence-corrected chi connectivity index (χ3v) is 7.25. The van der Waals surface area contributed by atoms with E-state index in [1.54, 1.807) is 30.3 Å². The van der Waals surface area contributed by atoms with Crippen molar-refractivity contribution in [3.05, 3.63) is 63.6 Å².